The third-order valence-corrected chi connectivity index (χ3v) is 3.07. The van der Waals surface area contributed by atoms with Crippen LogP contribution in [-0.4, -0.2) is 26.3 Å². The fraction of sp³-hybridized carbons (Fsp3) is 0.333. The molecule has 19 heavy (non-hydrogen) atoms. The topological polar surface area (TPSA) is 83.1 Å². The molecule has 1 aliphatic heterocycles. The van der Waals surface area contributed by atoms with E-state index in [4.69, 9.17) is 4.74 Å². The summed E-state index contributed by atoms with van der Waals surface area (Å²) in [5.74, 6) is 0.600. The molecule has 0 amide bonds. The molecule has 1 aromatic heterocycles. The van der Waals surface area contributed by atoms with Crippen molar-refractivity contribution in [2.24, 2.45) is 0 Å². The van der Waals surface area contributed by atoms with Gasteiger partial charge in [0.1, 0.15) is 5.75 Å². The minimum Gasteiger partial charge on any atom is -0.493 e. The van der Waals surface area contributed by atoms with Crippen molar-refractivity contribution in [3.63, 3.8) is 0 Å². The van der Waals surface area contributed by atoms with E-state index in [1.807, 2.05) is 12.1 Å². The van der Waals surface area contributed by atoms with Crippen LogP contribution in [-0.2, 0) is 19.4 Å². The van der Waals surface area contributed by atoms with Crippen LogP contribution in [0.15, 0.2) is 24.5 Å². The van der Waals surface area contributed by atoms with Gasteiger partial charge in [0.2, 0.25) is 6.33 Å². The molecule has 0 unspecified atom stereocenters. The third-order valence-electron chi connectivity index (χ3n) is 3.07. The zero-order valence-electron chi connectivity index (χ0n) is 10.2. The van der Waals surface area contributed by atoms with Crippen LogP contribution in [0.2, 0.25) is 0 Å². The van der Waals surface area contributed by atoms with E-state index in [0.717, 1.165) is 25.2 Å². The number of hydrogen-bond donors (Lipinski definition) is 0. The molecule has 0 saturated heterocycles. The van der Waals surface area contributed by atoms with Crippen molar-refractivity contribution in [1.29, 1.82) is 0 Å². The first-order valence-electron chi connectivity index (χ1n) is 6.01. The maximum absolute atomic E-state index is 10.5. The largest absolute Gasteiger partial charge is 0.493 e. The lowest BCUT2D eigenvalue weighted by molar-refractivity contribution is -0.394. The van der Waals surface area contributed by atoms with Gasteiger partial charge in [-0.1, -0.05) is 17.1 Å². The Labute approximate surface area is 109 Å². The van der Waals surface area contributed by atoms with Crippen molar-refractivity contribution in [2.75, 3.05) is 6.61 Å². The standard InChI is InChI=1S/C12H12N4O3/c17-16(18)12-13-8-15(14-12)5-3-9-1-2-11-10(7-9)4-6-19-11/h1-2,7-8H,3-6H2. The van der Waals surface area contributed by atoms with Gasteiger partial charge in [-0.2, -0.15) is 4.68 Å². The van der Waals surface area contributed by atoms with Crippen LogP contribution in [0.5, 0.6) is 5.75 Å². The van der Waals surface area contributed by atoms with Crippen LogP contribution >= 0.6 is 0 Å². The summed E-state index contributed by atoms with van der Waals surface area (Å²) < 4.78 is 6.93. The van der Waals surface area contributed by atoms with Crippen molar-refractivity contribution in [2.45, 2.75) is 19.4 Å². The summed E-state index contributed by atoms with van der Waals surface area (Å²) in [5.41, 5.74) is 2.39. The number of rotatable bonds is 4. The Balaban J connectivity index is 1.67. The van der Waals surface area contributed by atoms with E-state index < -0.39 is 4.92 Å². The lowest BCUT2D eigenvalue weighted by Crippen LogP contribution is -2.03. The normalized spacial score (nSPS) is 13.1. The highest BCUT2D eigenvalue weighted by molar-refractivity contribution is 5.39. The van der Waals surface area contributed by atoms with Gasteiger partial charge < -0.3 is 14.9 Å². The number of aromatic nitrogens is 3. The Morgan fingerprint density at radius 2 is 2.37 bits per heavy atom. The molecule has 0 spiro atoms. The van der Waals surface area contributed by atoms with Crippen LogP contribution in [0.4, 0.5) is 5.95 Å². The van der Waals surface area contributed by atoms with Crippen LogP contribution in [0.25, 0.3) is 0 Å². The summed E-state index contributed by atoms with van der Waals surface area (Å²) in [7, 11) is 0. The highest BCUT2D eigenvalue weighted by Gasteiger charge is 2.14. The highest BCUT2D eigenvalue weighted by atomic mass is 16.6. The third kappa shape index (κ3) is 2.40. The second kappa shape index (κ2) is 4.68. The van der Waals surface area contributed by atoms with E-state index in [1.54, 1.807) is 0 Å². The minimum absolute atomic E-state index is 0.359. The molecule has 0 fully saturated rings. The molecule has 0 N–H and O–H groups in total. The summed E-state index contributed by atoms with van der Waals surface area (Å²) in [6.45, 7) is 1.31. The Hall–Kier alpha value is -2.44. The lowest BCUT2D eigenvalue weighted by Gasteiger charge is -2.03. The summed E-state index contributed by atoms with van der Waals surface area (Å²) >= 11 is 0. The minimum atomic E-state index is -0.594. The lowest BCUT2D eigenvalue weighted by atomic mass is 10.1. The second-order valence-electron chi connectivity index (χ2n) is 4.36. The van der Waals surface area contributed by atoms with Crippen LogP contribution in [0.3, 0.4) is 0 Å². The van der Waals surface area contributed by atoms with Gasteiger partial charge >= 0.3 is 5.95 Å². The van der Waals surface area contributed by atoms with E-state index >= 15 is 0 Å². The first-order chi connectivity index (χ1) is 9.22. The number of hydrogen-bond acceptors (Lipinski definition) is 5. The molecule has 2 heterocycles. The Kier molecular flexibility index (Phi) is 2.86. The van der Waals surface area contributed by atoms with Gasteiger partial charge in [-0.3, -0.25) is 0 Å². The molecule has 0 bridgehead atoms. The fourth-order valence-electron chi connectivity index (χ4n) is 2.12. The van der Waals surface area contributed by atoms with E-state index in [1.165, 1.54) is 22.1 Å². The number of benzene rings is 1. The Morgan fingerprint density at radius 3 is 3.16 bits per heavy atom. The van der Waals surface area contributed by atoms with Crippen molar-refractivity contribution in [3.05, 3.63) is 45.8 Å². The van der Waals surface area contributed by atoms with Gasteiger partial charge in [0.25, 0.3) is 0 Å². The van der Waals surface area contributed by atoms with Gasteiger partial charge in [0, 0.05) is 11.5 Å². The molecule has 1 aromatic carbocycles. The predicted octanol–water partition coefficient (Wildman–Crippen LogP) is 1.36. The van der Waals surface area contributed by atoms with Crippen LogP contribution in [0.1, 0.15) is 11.1 Å². The summed E-state index contributed by atoms with van der Waals surface area (Å²) in [6, 6.07) is 6.10. The molecule has 0 saturated carbocycles. The fourth-order valence-corrected chi connectivity index (χ4v) is 2.12. The Bertz CT molecular complexity index is 623. The van der Waals surface area contributed by atoms with Gasteiger partial charge in [0.05, 0.1) is 13.2 Å². The van der Waals surface area contributed by atoms with Gasteiger partial charge in [0.15, 0.2) is 0 Å². The van der Waals surface area contributed by atoms with Gasteiger partial charge in [-0.15, -0.1) is 0 Å². The van der Waals surface area contributed by atoms with Crippen molar-refractivity contribution in [3.8, 4) is 5.75 Å². The first-order valence-corrected chi connectivity index (χ1v) is 6.01. The van der Waals surface area contributed by atoms with Crippen molar-refractivity contribution in [1.82, 2.24) is 14.8 Å². The molecule has 2 aromatic rings. The summed E-state index contributed by atoms with van der Waals surface area (Å²) in [6.07, 6.45) is 3.08. The molecular weight excluding hydrogens is 248 g/mol. The smallest absolute Gasteiger partial charge is 0.490 e. The van der Waals surface area contributed by atoms with Crippen LogP contribution < -0.4 is 4.74 Å². The van der Waals surface area contributed by atoms with E-state index in [-0.39, 0.29) is 5.95 Å². The zero-order chi connectivity index (χ0) is 13.2. The molecule has 98 valence electrons. The maximum Gasteiger partial charge on any atom is 0.490 e. The predicted molar refractivity (Wildman–Crippen MR) is 66.0 cm³/mol. The SMILES string of the molecule is O=[N+]([O-])c1ncn(CCc2ccc3c(c2)CCO3)n1. The number of nitrogens with zero attached hydrogens (tertiary/aromatic N) is 4. The van der Waals surface area contributed by atoms with E-state index in [9.17, 15) is 10.1 Å². The molecule has 0 aliphatic carbocycles. The molecule has 0 atom stereocenters. The molecule has 3 rings (SSSR count). The van der Waals surface area contributed by atoms with Gasteiger partial charge in [-0.25, -0.2) is 0 Å². The van der Waals surface area contributed by atoms with E-state index in [0.29, 0.717) is 6.54 Å². The van der Waals surface area contributed by atoms with Gasteiger partial charge in [-0.05, 0) is 28.5 Å². The highest BCUT2D eigenvalue weighted by Crippen LogP contribution is 2.26. The second-order valence-corrected chi connectivity index (χ2v) is 4.36. The average Bonchev–Trinajstić information content (AvgIpc) is 3.04. The monoisotopic (exact) mass is 260 g/mol. The average molecular weight is 260 g/mol. The number of nitro groups is 1. The molecule has 7 heteroatoms. The first kappa shape index (κ1) is 11.6. The number of fused-ring (bicyclic) bond motifs is 1. The van der Waals surface area contributed by atoms with Crippen LogP contribution in [0, 0.1) is 10.1 Å². The summed E-state index contributed by atoms with van der Waals surface area (Å²) in [5, 5.41) is 14.2. The number of aryl methyl sites for hydroxylation is 2. The quantitative estimate of drug-likeness (QED) is 0.612. The Morgan fingerprint density at radius 1 is 1.47 bits per heavy atom. The zero-order valence-corrected chi connectivity index (χ0v) is 10.2. The molecule has 0 radical (unpaired) electrons. The van der Waals surface area contributed by atoms with Crippen molar-refractivity contribution >= 4 is 5.95 Å². The molecule has 7 nitrogen and oxygen atoms in total. The molecular formula is C12H12N4O3. The summed E-state index contributed by atoms with van der Waals surface area (Å²) in [4.78, 5) is 13.5. The maximum atomic E-state index is 10.5. The van der Waals surface area contributed by atoms with E-state index in [2.05, 4.69) is 16.1 Å². The molecule has 1 aliphatic rings. The van der Waals surface area contributed by atoms with Crippen molar-refractivity contribution < 1.29 is 9.66 Å². The number of ether oxygens (including phenoxy) is 1.